The molecular formula is C12H19N. The monoisotopic (exact) mass is 177 g/mol. The van der Waals surface area contributed by atoms with Crippen LogP contribution in [0.3, 0.4) is 0 Å². The molecule has 0 fully saturated rings. The van der Waals surface area contributed by atoms with Gasteiger partial charge in [0.15, 0.2) is 0 Å². The molecule has 0 aliphatic carbocycles. The van der Waals surface area contributed by atoms with Gasteiger partial charge in [-0.3, -0.25) is 0 Å². The van der Waals surface area contributed by atoms with Crippen LogP contribution in [-0.4, -0.2) is 4.90 Å². The van der Waals surface area contributed by atoms with Gasteiger partial charge in [-0.25, -0.2) is 0 Å². The average molecular weight is 177 g/mol. The first-order valence-corrected chi connectivity index (χ1v) is 4.55. The van der Waals surface area contributed by atoms with Gasteiger partial charge in [0.2, 0.25) is 0 Å². The summed E-state index contributed by atoms with van der Waals surface area (Å²) in [5, 5.41) is 0. The van der Waals surface area contributed by atoms with E-state index in [1.807, 2.05) is 37.1 Å². The maximum Gasteiger partial charge on any atom is 0.0117 e. The zero-order valence-corrected chi connectivity index (χ0v) is 8.88. The standard InChI is InChI=1S/C12H19N/c1-6-9-13(11(4)5)10-12(7-2)8-3/h6-7,9-10H,2,4,8H2,1,3,5H3/b9-6-,12-10+. The fourth-order valence-corrected chi connectivity index (χ4v) is 0.908. The van der Waals surface area contributed by atoms with Gasteiger partial charge in [-0.1, -0.05) is 32.2 Å². The average Bonchev–Trinajstić information content (AvgIpc) is 2.11. The van der Waals surface area contributed by atoms with Crippen LogP contribution in [0.25, 0.3) is 0 Å². The van der Waals surface area contributed by atoms with Crippen LogP contribution in [0.1, 0.15) is 27.2 Å². The molecule has 0 aromatic rings. The lowest BCUT2D eigenvalue weighted by Gasteiger charge is -2.16. The first-order valence-electron chi connectivity index (χ1n) is 4.55. The molecule has 0 aliphatic heterocycles. The van der Waals surface area contributed by atoms with Gasteiger partial charge in [-0.15, -0.1) is 0 Å². The summed E-state index contributed by atoms with van der Waals surface area (Å²) in [5.41, 5.74) is 2.21. The third kappa shape index (κ3) is 4.36. The topological polar surface area (TPSA) is 3.24 Å². The maximum absolute atomic E-state index is 3.89. The molecule has 0 aromatic heterocycles. The molecule has 13 heavy (non-hydrogen) atoms. The van der Waals surface area contributed by atoms with Crippen LogP contribution in [0.5, 0.6) is 0 Å². The molecule has 0 amide bonds. The normalized spacial score (nSPS) is 11.8. The molecule has 0 aliphatic rings. The molecule has 0 spiro atoms. The summed E-state index contributed by atoms with van der Waals surface area (Å²) in [6.07, 6.45) is 8.89. The van der Waals surface area contributed by atoms with E-state index in [1.54, 1.807) is 0 Å². The van der Waals surface area contributed by atoms with Crippen LogP contribution >= 0.6 is 0 Å². The Labute approximate surface area is 81.8 Å². The fourth-order valence-electron chi connectivity index (χ4n) is 0.908. The first kappa shape index (κ1) is 11.8. The van der Waals surface area contributed by atoms with E-state index in [0.717, 1.165) is 12.1 Å². The number of hydrogen-bond acceptors (Lipinski definition) is 1. The number of hydrogen-bond donors (Lipinski definition) is 0. The molecule has 0 saturated carbocycles. The van der Waals surface area contributed by atoms with Crippen molar-refractivity contribution < 1.29 is 0 Å². The highest BCUT2D eigenvalue weighted by atomic mass is 15.1. The minimum Gasteiger partial charge on any atom is -0.329 e. The van der Waals surface area contributed by atoms with Crippen molar-refractivity contribution in [3.05, 3.63) is 49.0 Å². The molecule has 0 radical (unpaired) electrons. The lowest BCUT2D eigenvalue weighted by atomic mass is 10.2. The van der Waals surface area contributed by atoms with E-state index in [-0.39, 0.29) is 0 Å². The van der Waals surface area contributed by atoms with Crippen molar-refractivity contribution in [2.24, 2.45) is 0 Å². The fraction of sp³-hybridized carbons (Fsp3) is 0.333. The van der Waals surface area contributed by atoms with Crippen molar-refractivity contribution in [1.82, 2.24) is 4.90 Å². The second-order valence-corrected chi connectivity index (χ2v) is 2.89. The predicted octanol–water partition coefficient (Wildman–Crippen LogP) is 3.84. The molecule has 0 atom stereocenters. The van der Waals surface area contributed by atoms with Gasteiger partial charge in [0.25, 0.3) is 0 Å². The van der Waals surface area contributed by atoms with E-state index in [9.17, 15) is 0 Å². The third-order valence-electron chi connectivity index (χ3n) is 1.73. The molecule has 0 rings (SSSR count). The number of allylic oxidation sites excluding steroid dienone is 4. The third-order valence-corrected chi connectivity index (χ3v) is 1.73. The van der Waals surface area contributed by atoms with Crippen LogP contribution in [0.2, 0.25) is 0 Å². The quantitative estimate of drug-likeness (QED) is 0.577. The van der Waals surface area contributed by atoms with Crippen molar-refractivity contribution in [2.45, 2.75) is 27.2 Å². The Kier molecular flexibility index (Phi) is 5.69. The van der Waals surface area contributed by atoms with Crippen molar-refractivity contribution >= 4 is 0 Å². The van der Waals surface area contributed by atoms with E-state index >= 15 is 0 Å². The molecule has 0 saturated heterocycles. The van der Waals surface area contributed by atoms with Crippen LogP contribution < -0.4 is 0 Å². The van der Waals surface area contributed by atoms with E-state index in [2.05, 4.69) is 26.3 Å². The lowest BCUT2D eigenvalue weighted by molar-refractivity contribution is 0.625. The summed E-state index contributed by atoms with van der Waals surface area (Å²) < 4.78 is 0. The smallest absolute Gasteiger partial charge is 0.0117 e. The molecule has 0 N–H and O–H groups in total. The maximum atomic E-state index is 3.89. The SMILES string of the molecule is C=C/C(=C\N(/C=C\C)C(=C)C)CC. The molecule has 1 heteroatoms. The lowest BCUT2D eigenvalue weighted by Crippen LogP contribution is -2.05. The highest BCUT2D eigenvalue weighted by Crippen LogP contribution is 2.09. The van der Waals surface area contributed by atoms with Crippen LogP contribution in [0.15, 0.2) is 49.0 Å². The molecule has 72 valence electrons. The Bertz CT molecular complexity index is 234. The Morgan fingerprint density at radius 2 is 2.08 bits per heavy atom. The summed E-state index contributed by atoms with van der Waals surface area (Å²) in [6.45, 7) is 13.7. The molecule has 0 heterocycles. The van der Waals surface area contributed by atoms with Crippen LogP contribution in [0.4, 0.5) is 0 Å². The largest absolute Gasteiger partial charge is 0.329 e. The summed E-state index contributed by atoms with van der Waals surface area (Å²) in [6, 6.07) is 0. The summed E-state index contributed by atoms with van der Waals surface area (Å²) in [5.74, 6) is 0. The van der Waals surface area contributed by atoms with E-state index in [4.69, 9.17) is 0 Å². The van der Waals surface area contributed by atoms with Crippen LogP contribution in [-0.2, 0) is 0 Å². The predicted molar refractivity (Wildman–Crippen MR) is 60.0 cm³/mol. The summed E-state index contributed by atoms with van der Waals surface area (Å²) in [7, 11) is 0. The van der Waals surface area contributed by atoms with E-state index in [0.29, 0.717) is 0 Å². The highest BCUT2D eigenvalue weighted by molar-refractivity contribution is 5.18. The highest BCUT2D eigenvalue weighted by Gasteiger charge is 1.95. The minimum absolute atomic E-state index is 0.991. The van der Waals surface area contributed by atoms with Crippen molar-refractivity contribution in [1.29, 1.82) is 0 Å². The zero-order chi connectivity index (χ0) is 10.3. The summed E-state index contributed by atoms with van der Waals surface area (Å²) in [4.78, 5) is 2.00. The Balaban J connectivity index is 4.65. The zero-order valence-electron chi connectivity index (χ0n) is 8.88. The van der Waals surface area contributed by atoms with Crippen molar-refractivity contribution in [2.75, 3.05) is 0 Å². The van der Waals surface area contributed by atoms with Gasteiger partial charge in [-0.2, -0.15) is 0 Å². The summed E-state index contributed by atoms with van der Waals surface area (Å²) >= 11 is 0. The first-order chi connectivity index (χ1) is 6.15. The molecule has 0 aromatic carbocycles. The van der Waals surface area contributed by atoms with Gasteiger partial charge >= 0.3 is 0 Å². The molecule has 0 unspecified atom stereocenters. The van der Waals surface area contributed by atoms with Gasteiger partial charge in [0, 0.05) is 18.1 Å². The second kappa shape index (κ2) is 6.30. The Morgan fingerprint density at radius 3 is 2.38 bits per heavy atom. The molecular weight excluding hydrogens is 158 g/mol. The molecule has 0 bridgehead atoms. The van der Waals surface area contributed by atoms with Crippen molar-refractivity contribution in [3.8, 4) is 0 Å². The Hall–Kier alpha value is -1.24. The van der Waals surface area contributed by atoms with E-state index < -0.39 is 0 Å². The van der Waals surface area contributed by atoms with Gasteiger partial charge in [0.05, 0.1) is 0 Å². The van der Waals surface area contributed by atoms with E-state index in [1.165, 1.54) is 5.57 Å². The molecule has 1 nitrogen and oxygen atoms in total. The minimum atomic E-state index is 0.991. The second-order valence-electron chi connectivity index (χ2n) is 2.89. The number of rotatable bonds is 5. The van der Waals surface area contributed by atoms with Gasteiger partial charge in [-0.05, 0) is 25.8 Å². The number of nitrogens with zero attached hydrogens (tertiary/aromatic N) is 1. The Morgan fingerprint density at radius 1 is 1.46 bits per heavy atom. The van der Waals surface area contributed by atoms with Gasteiger partial charge in [0.1, 0.15) is 0 Å². The van der Waals surface area contributed by atoms with Crippen molar-refractivity contribution in [3.63, 3.8) is 0 Å². The van der Waals surface area contributed by atoms with Gasteiger partial charge < -0.3 is 4.90 Å². The van der Waals surface area contributed by atoms with Crippen LogP contribution in [0, 0.1) is 0 Å².